The van der Waals surface area contributed by atoms with E-state index in [0.29, 0.717) is 24.7 Å². The van der Waals surface area contributed by atoms with Crippen LogP contribution in [0.15, 0.2) is 34.2 Å². The zero-order chi connectivity index (χ0) is 20.6. The first-order valence-corrected chi connectivity index (χ1v) is 10.9. The Labute approximate surface area is 193 Å². The average molecular weight is 560 g/mol. The van der Waals surface area contributed by atoms with Crippen LogP contribution in [-0.2, 0) is 14.8 Å². The van der Waals surface area contributed by atoms with Crippen molar-refractivity contribution in [1.82, 2.24) is 14.9 Å². The van der Waals surface area contributed by atoms with E-state index in [4.69, 9.17) is 22.1 Å². The summed E-state index contributed by atoms with van der Waals surface area (Å²) in [5.74, 6) is 0.247. The highest BCUT2D eigenvalue weighted by Crippen LogP contribution is 2.15. The van der Waals surface area contributed by atoms with E-state index in [9.17, 15) is 13.2 Å². The van der Waals surface area contributed by atoms with Crippen molar-refractivity contribution in [2.45, 2.75) is 30.7 Å². The fourth-order valence-electron chi connectivity index (χ4n) is 2.75. The van der Waals surface area contributed by atoms with Crippen LogP contribution in [0.1, 0.15) is 19.8 Å². The van der Waals surface area contributed by atoms with E-state index in [2.05, 4.69) is 15.0 Å². The Morgan fingerprint density at radius 2 is 2.07 bits per heavy atom. The molecule has 164 valence electrons. The maximum Gasteiger partial charge on any atom is 0.409 e. The van der Waals surface area contributed by atoms with Crippen molar-refractivity contribution < 1.29 is 17.9 Å². The third-order valence-corrected chi connectivity index (χ3v) is 5.86. The lowest BCUT2D eigenvalue weighted by molar-refractivity contribution is 0.0963. The molecule has 1 amide bonds. The monoisotopic (exact) mass is 559 g/mol. The van der Waals surface area contributed by atoms with Gasteiger partial charge in [-0.05, 0) is 38.0 Å². The molecule has 0 saturated carbocycles. The molecule has 1 heterocycles. The van der Waals surface area contributed by atoms with Crippen molar-refractivity contribution >= 4 is 57.7 Å². The van der Waals surface area contributed by atoms with Gasteiger partial charge in [0.05, 0.1) is 18.0 Å². The predicted molar refractivity (Wildman–Crippen MR) is 123 cm³/mol. The molecular weight excluding hydrogens is 533 g/mol. The number of guanidine groups is 1. The summed E-state index contributed by atoms with van der Waals surface area (Å²) in [4.78, 5) is 17.6. The molecule has 0 radical (unpaired) electrons. The minimum Gasteiger partial charge on any atom is -0.450 e. The van der Waals surface area contributed by atoms with Gasteiger partial charge in [-0.3, -0.25) is 4.99 Å². The lowest BCUT2D eigenvalue weighted by Gasteiger charge is -2.31. The molecule has 0 spiro atoms. The smallest absolute Gasteiger partial charge is 0.409 e. The molecule has 1 aromatic rings. The van der Waals surface area contributed by atoms with Crippen molar-refractivity contribution in [2.75, 3.05) is 32.8 Å². The molecule has 1 aliphatic heterocycles. The number of ether oxygens (including phenoxy) is 1. The summed E-state index contributed by atoms with van der Waals surface area (Å²) in [7, 11) is -3.64. The van der Waals surface area contributed by atoms with Crippen LogP contribution in [0, 0.1) is 0 Å². The van der Waals surface area contributed by atoms with Gasteiger partial charge < -0.3 is 20.7 Å². The number of halogens is 2. The van der Waals surface area contributed by atoms with Gasteiger partial charge in [0.15, 0.2) is 5.96 Å². The maximum absolute atomic E-state index is 12.2. The van der Waals surface area contributed by atoms with Crippen molar-refractivity contribution in [3.8, 4) is 0 Å². The number of carbonyl (C=O) groups excluding carboxylic acids is 1. The Hall–Kier alpha value is -1.31. The number of piperidine rings is 1. The molecule has 1 fully saturated rings. The highest BCUT2D eigenvalue weighted by Gasteiger charge is 2.23. The number of amides is 1. The van der Waals surface area contributed by atoms with Crippen molar-refractivity contribution in [2.24, 2.45) is 10.7 Å². The Balaban J connectivity index is 0.00000420. The quantitative estimate of drug-likeness (QED) is 0.202. The average Bonchev–Trinajstić information content (AvgIpc) is 2.66. The van der Waals surface area contributed by atoms with Crippen LogP contribution in [0.25, 0.3) is 0 Å². The van der Waals surface area contributed by atoms with Gasteiger partial charge in [-0.15, -0.1) is 24.0 Å². The van der Waals surface area contributed by atoms with E-state index in [1.165, 1.54) is 12.1 Å². The largest absolute Gasteiger partial charge is 0.450 e. The van der Waals surface area contributed by atoms with E-state index in [-0.39, 0.29) is 60.1 Å². The van der Waals surface area contributed by atoms with E-state index in [1.54, 1.807) is 24.0 Å². The number of nitrogens with one attached hydrogen (secondary N) is 2. The van der Waals surface area contributed by atoms with Crippen LogP contribution in [-0.4, -0.2) is 64.2 Å². The number of hydrogen-bond donors (Lipinski definition) is 3. The topological polar surface area (TPSA) is 126 Å². The third kappa shape index (κ3) is 8.52. The minimum absolute atomic E-state index is 0. The number of sulfonamides is 1. The van der Waals surface area contributed by atoms with Gasteiger partial charge in [0.2, 0.25) is 10.0 Å². The molecule has 29 heavy (non-hydrogen) atoms. The molecule has 0 atom stereocenters. The first-order chi connectivity index (χ1) is 13.3. The second-order valence-corrected chi connectivity index (χ2v) is 8.43. The normalized spacial score (nSPS) is 15.5. The summed E-state index contributed by atoms with van der Waals surface area (Å²) in [5, 5.41) is 3.45. The highest BCUT2D eigenvalue weighted by atomic mass is 127. The van der Waals surface area contributed by atoms with Gasteiger partial charge in [-0.25, -0.2) is 17.9 Å². The van der Waals surface area contributed by atoms with Crippen LogP contribution in [0.4, 0.5) is 4.79 Å². The van der Waals surface area contributed by atoms with Gasteiger partial charge in [-0.2, -0.15) is 0 Å². The number of aliphatic imine (C=N–C) groups is 1. The number of hydrogen-bond acceptors (Lipinski definition) is 5. The standard InChI is InChI=1S/C17H26ClN5O4S.HI/c1-2-27-17(24)23-10-6-14(7-11-23)22-16(19)20-8-9-21-28(25,26)15-5-3-4-13(18)12-15;/h3-5,12,14,21H,2,6-11H2,1H3,(H3,19,20,22);1H. The molecule has 0 unspecified atom stereocenters. The summed E-state index contributed by atoms with van der Waals surface area (Å²) in [5.41, 5.74) is 5.87. The molecule has 0 aliphatic carbocycles. The first-order valence-electron chi connectivity index (χ1n) is 9.05. The van der Waals surface area contributed by atoms with E-state index >= 15 is 0 Å². The summed E-state index contributed by atoms with van der Waals surface area (Å²) < 4.78 is 31.8. The molecule has 0 bridgehead atoms. The van der Waals surface area contributed by atoms with Crippen LogP contribution < -0.4 is 15.8 Å². The molecule has 12 heteroatoms. The van der Waals surface area contributed by atoms with E-state index < -0.39 is 10.0 Å². The van der Waals surface area contributed by atoms with Crippen LogP contribution >= 0.6 is 35.6 Å². The van der Waals surface area contributed by atoms with Gasteiger partial charge in [0, 0.05) is 30.7 Å². The van der Waals surface area contributed by atoms with Crippen LogP contribution in [0.2, 0.25) is 5.02 Å². The molecule has 1 saturated heterocycles. The molecule has 1 aliphatic rings. The third-order valence-electron chi connectivity index (χ3n) is 4.17. The molecule has 1 aromatic carbocycles. The second-order valence-electron chi connectivity index (χ2n) is 6.23. The SMILES string of the molecule is CCOC(=O)N1CCC(NC(N)=NCCNS(=O)(=O)c2cccc(Cl)c2)CC1.I. The predicted octanol–water partition coefficient (Wildman–Crippen LogP) is 1.76. The lowest BCUT2D eigenvalue weighted by atomic mass is 10.1. The van der Waals surface area contributed by atoms with Crippen molar-refractivity contribution in [3.63, 3.8) is 0 Å². The van der Waals surface area contributed by atoms with Gasteiger partial charge in [-0.1, -0.05) is 17.7 Å². The minimum atomic E-state index is -3.64. The first kappa shape index (κ1) is 25.7. The Morgan fingerprint density at radius 1 is 1.38 bits per heavy atom. The van der Waals surface area contributed by atoms with Crippen LogP contribution in [0.5, 0.6) is 0 Å². The Kier molecular flexibility index (Phi) is 11.0. The van der Waals surface area contributed by atoms with Gasteiger partial charge in [0.25, 0.3) is 0 Å². The van der Waals surface area contributed by atoms with Crippen molar-refractivity contribution in [1.29, 1.82) is 0 Å². The number of nitrogens with two attached hydrogens (primary N) is 1. The zero-order valence-corrected chi connectivity index (χ0v) is 20.0. The Morgan fingerprint density at radius 3 is 2.69 bits per heavy atom. The van der Waals surface area contributed by atoms with Gasteiger partial charge in [0.1, 0.15) is 0 Å². The summed E-state index contributed by atoms with van der Waals surface area (Å²) in [6, 6.07) is 6.14. The number of likely N-dealkylation sites (tertiary alicyclic amines) is 1. The van der Waals surface area contributed by atoms with E-state index in [0.717, 1.165) is 12.8 Å². The molecule has 4 N–H and O–H groups in total. The molecule has 9 nitrogen and oxygen atoms in total. The van der Waals surface area contributed by atoms with Gasteiger partial charge >= 0.3 is 6.09 Å². The summed E-state index contributed by atoms with van der Waals surface area (Å²) in [6.45, 7) is 3.61. The highest BCUT2D eigenvalue weighted by molar-refractivity contribution is 14.0. The summed E-state index contributed by atoms with van der Waals surface area (Å²) >= 11 is 5.82. The fourth-order valence-corrected chi connectivity index (χ4v) is 4.07. The number of carbonyl (C=O) groups is 1. The fraction of sp³-hybridized carbons (Fsp3) is 0.529. The maximum atomic E-state index is 12.2. The van der Waals surface area contributed by atoms with E-state index in [1.807, 2.05) is 0 Å². The zero-order valence-electron chi connectivity index (χ0n) is 16.1. The summed E-state index contributed by atoms with van der Waals surface area (Å²) in [6.07, 6.45) is 1.17. The van der Waals surface area contributed by atoms with Crippen LogP contribution in [0.3, 0.4) is 0 Å². The van der Waals surface area contributed by atoms with Crippen molar-refractivity contribution in [3.05, 3.63) is 29.3 Å². The number of benzene rings is 1. The lowest BCUT2D eigenvalue weighted by Crippen LogP contribution is -2.48. The number of rotatable bonds is 7. The molecule has 0 aromatic heterocycles. The number of nitrogens with zero attached hydrogens (tertiary/aromatic N) is 2. The Bertz CT molecular complexity index is 801. The molecule has 2 rings (SSSR count). The molecular formula is C17H27ClIN5O4S. The second kappa shape index (κ2) is 12.4.